The summed E-state index contributed by atoms with van der Waals surface area (Å²) in [4.78, 5) is 16.8. The fraction of sp³-hybridized carbons (Fsp3) is 0.381. The van der Waals surface area contributed by atoms with E-state index >= 15 is 0 Å². The van der Waals surface area contributed by atoms with Crippen molar-refractivity contribution >= 4 is 33.2 Å². The van der Waals surface area contributed by atoms with Gasteiger partial charge in [0, 0.05) is 38.4 Å². The number of nitrogens with zero attached hydrogens (tertiary/aromatic N) is 3. The molecule has 1 saturated heterocycles. The van der Waals surface area contributed by atoms with Crippen molar-refractivity contribution < 1.29 is 17.9 Å². The number of hydrogen-bond acceptors (Lipinski definition) is 5. The second kappa shape index (κ2) is 9.68. The summed E-state index contributed by atoms with van der Waals surface area (Å²) in [5.74, 6) is 0.193. The number of carbonyl (C=O) groups is 1. The topological polar surface area (TPSA) is 70.2 Å². The molecule has 30 heavy (non-hydrogen) atoms. The van der Waals surface area contributed by atoms with Gasteiger partial charge in [-0.3, -0.25) is 4.79 Å². The fourth-order valence-electron chi connectivity index (χ4n) is 3.43. The second-order valence-electron chi connectivity index (χ2n) is 6.93. The second-order valence-corrected chi connectivity index (χ2v) is 9.28. The summed E-state index contributed by atoms with van der Waals surface area (Å²) in [5, 5.41) is 0.206. The molecule has 1 fully saturated rings. The van der Waals surface area contributed by atoms with Crippen molar-refractivity contribution in [1.82, 2.24) is 9.21 Å². The number of benzene rings is 2. The molecule has 162 valence electrons. The Morgan fingerprint density at radius 3 is 2.33 bits per heavy atom. The number of hydrogen-bond donors (Lipinski definition) is 0. The minimum Gasteiger partial charge on any atom is -0.495 e. The molecular weight excluding hydrogens is 426 g/mol. The Hall–Kier alpha value is -2.29. The van der Waals surface area contributed by atoms with Crippen LogP contribution in [0, 0.1) is 0 Å². The number of anilines is 1. The smallest absolute Gasteiger partial charge is 0.243 e. The van der Waals surface area contributed by atoms with E-state index in [1.807, 2.05) is 30.3 Å². The van der Waals surface area contributed by atoms with Gasteiger partial charge in [0.05, 0.1) is 23.6 Å². The average Bonchev–Trinajstić information content (AvgIpc) is 2.77. The molecule has 0 unspecified atom stereocenters. The molecule has 0 atom stereocenters. The average molecular weight is 452 g/mol. The first-order chi connectivity index (χ1) is 14.4. The number of piperazine rings is 1. The van der Waals surface area contributed by atoms with Crippen LogP contribution in [0.3, 0.4) is 0 Å². The van der Waals surface area contributed by atoms with Crippen LogP contribution in [-0.2, 0) is 14.8 Å². The molecule has 0 radical (unpaired) electrons. The van der Waals surface area contributed by atoms with Crippen LogP contribution >= 0.6 is 11.6 Å². The first kappa shape index (κ1) is 22.4. The van der Waals surface area contributed by atoms with E-state index in [0.717, 1.165) is 5.69 Å². The van der Waals surface area contributed by atoms with Crippen LogP contribution in [-0.4, -0.2) is 69.9 Å². The summed E-state index contributed by atoms with van der Waals surface area (Å²) in [7, 11) is -2.39. The van der Waals surface area contributed by atoms with Crippen molar-refractivity contribution in [2.24, 2.45) is 0 Å². The van der Waals surface area contributed by atoms with Crippen LogP contribution in [0.1, 0.15) is 6.92 Å². The zero-order chi connectivity index (χ0) is 21.7. The lowest BCUT2D eigenvalue weighted by Gasteiger charge is -2.36. The van der Waals surface area contributed by atoms with Crippen LogP contribution < -0.4 is 9.64 Å². The molecule has 0 aromatic heterocycles. The lowest BCUT2D eigenvalue weighted by Crippen LogP contribution is -2.51. The Labute approximate surface area is 182 Å². The van der Waals surface area contributed by atoms with Crippen molar-refractivity contribution in [3.05, 3.63) is 53.6 Å². The van der Waals surface area contributed by atoms with Gasteiger partial charge in [-0.25, -0.2) is 8.42 Å². The summed E-state index contributed by atoms with van der Waals surface area (Å²) in [6.45, 7) is 4.23. The van der Waals surface area contributed by atoms with Gasteiger partial charge in [-0.2, -0.15) is 4.31 Å². The van der Waals surface area contributed by atoms with E-state index in [1.165, 1.54) is 29.6 Å². The molecule has 0 N–H and O–H groups in total. The zero-order valence-corrected chi connectivity index (χ0v) is 18.7. The number of ether oxygens (including phenoxy) is 1. The van der Waals surface area contributed by atoms with Crippen molar-refractivity contribution in [1.29, 1.82) is 0 Å². The Kier molecular flexibility index (Phi) is 7.23. The normalized spacial score (nSPS) is 14.8. The number of carbonyl (C=O) groups excluding carboxylic acids is 1. The minimum absolute atomic E-state index is 0.0387. The zero-order valence-electron chi connectivity index (χ0n) is 17.1. The molecule has 0 saturated carbocycles. The van der Waals surface area contributed by atoms with E-state index in [-0.39, 0.29) is 28.9 Å². The van der Waals surface area contributed by atoms with Crippen molar-refractivity contribution in [2.75, 3.05) is 51.3 Å². The van der Waals surface area contributed by atoms with E-state index < -0.39 is 10.0 Å². The van der Waals surface area contributed by atoms with Crippen LogP contribution in [0.2, 0.25) is 5.02 Å². The number of methoxy groups -OCH3 is 1. The quantitative estimate of drug-likeness (QED) is 0.647. The van der Waals surface area contributed by atoms with Gasteiger partial charge < -0.3 is 14.5 Å². The Morgan fingerprint density at radius 1 is 1.10 bits per heavy atom. The molecule has 2 aromatic carbocycles. The first-order valence-corrected chi connectivity index (χ1v) is 11.6. The maximum Gasteiger partial charge on any atom is 0.243 e. The molecule has 2 aromatic rings. The van der Waals surface area contributed by atoms with Gasteiger partial charge in [0.25, 0.3) is 0 Å². The van der Waals surface area contributed by atoms with Crippen LogP contribution in [0.15, 0.2) is 53.4 Å². The van der Waals surface area contributed by atoms with Gasteiger partial charge in [0.15, 0.2) is 0 Å². The van der Waals surface area contributed by atoms with Crippen LogP contribution in [0.5, 0.6) is 5.75 Å². The van der Waals surface area contributed by atoms with E-state index in [2.05, 4.69) is 4.90 Å². The Balaban J connectivity index is 1.65. The highest BCUT2D eigenvalue weighted by molar-refractivity contribution is 7.89. The van der Waals surface area contributed by atoms with Crippen LogP contribution in [0.4, 0.5) is 5.69 Å². The number of rotatable bonds is 7. The Morgan fingerprint density at radius 2 is 1.77 bits per heavy atom. The third kappa shape index (κ3) is 4.88. The largest absolute Gasteiger partial charge is 0.495 e. The number of sulfonamides is 1. The third-order valence-corrected chi connectivity index (χ3v) is 7.39. The summed E-state index contributed by atoms with van der Waals surface area (Å²) >= 11 is 6.09. The minimum atomic E-state index is -3.85. The molecule has 1 aliphatic heterocycles. The predicted molar refractivity (Wildman–Crippen MR) is 118 cm³/mol. The molecular formula is C21H26ClN3O4S. The highest BCUT2D eigenvalue weighted by Gasteiger charge is 2.29. The molecule has 0 bridgehead atoms. The number of likely N-dealkylation sites (N-methyl/N-ethyl adjacent to an activating group) is 1. The van der Waals surface area contributed by atoms with Crippen molar-refractivity contribution in [3.63, 3.8) is 0 Å². The SMILES string of the molecule is CCN(CC(=O)N1CCN(c2ccccc2)CC1)S(=O)(=O)c1ccc(OC)c(Cl)c1. The third-order valence-electron chi connectivity index (χ3n) is 5.18. The van der Waals surface area contributed by atoms with Crippen molar-refractivity contribution in [2.45, 2.75) is 11.8 Å². The molecule has 1 amide bonds. The molecule has 7 nitrogen and oxygen atoms in total. The molecule has 9 heteroatoms. The van der Waals surface area contributed by atoms with Crippen molar-refractivity contribution in [3.8, 4) is 5.75 Å². The predicted octanol–water partition coefficient (Wildman–Crippen LogP) is 2.71. The standard InChI is InChI=1S/C21H26ClN3O4S/c1-3-25(30(27,28)18-9-10-20(29-2)19(22)15-18)16-21(26)24-13-11-23(12-14-24)17-7-5-4-6-8-17/h4-10,15H,3,11-14,16H2,1-2H3. The maximum absolute atomic E-state index is 13.0. The van der Waals surface area contributed by atoms with Gasteiger partial charge in [-0.05, 0) is 30.3 Å². The highest BCUT2D eigenvalue weighted by Crippen LogP contribution is 2.28. The molecule has 1 heterocycles. The summed E-state index contributed by atoms with van der Waals surface area (Å²) < 4.78 is 32.3. The number of amides is 1. The summed E-state index contributed by atoms with van der Waals surface area (Å²) in [6, 6.07) is 14.3. The Bertz CT molecular complexity index is 977. The van der Waals surface area contributed by atoms with E-state index in [9.17, 15) is 13.2 Å². The molecule has 0 spiro atoms. The molecule has 3 rings (SSSR count). The van der Waals surface area contributed by atoms with E-state index in [4.69, 9.17) is 16.3 Å². The summed E-state index contributed by atoms with van der Waals surface area (Å²) in [6.07, 6.45) is 0. The number of halogens is 1. The monoisotopic (exact) mass is 451 g/mol. The van der Waals surface area contributed by atoms with Gasteiger partial charge in [-0.1, -0.05) is 36.7 Å². The number of para-hydroxylation sites is 1. The van der Waals surface area contributed by atoms with Gasteiger partial charge in [-0.15, -0.1) is 0 Å². The van der Waals surface area contributed by atoms with Gasteiger partial charge in [0.2, 0.25) is 15.9 Å². The highest BCUT2D eigenvalue weighted by atomic mass is 35.5. The lowest BCUT2D eigenvalue weighted by atomic mass is 10.2. The van der Waals surface area contributed by atoms with Crippen LogP contribution in [0.25, 0.3) is 0 Å². The first-order valence-electron chi connectivity index (χ1n) is 9.78. The lowest BCUT2D eigenvalue weighted by molar-refractivity contribution is -0.131. The van der Waals surface area contributed by atoms with Gasteiger partial charge >= 0.3 is 0 Å². The van der Waals surface area contributed by atoms with Gasteiger partial charge in [0.1, 0.15) is 5.75 Å². The summed E-state index contributed by atoms with van der Waals surface area (Å²) in [5.41, 5.74) is 1.12. The van der Waals surface area contributed by atoms with E-state index in [1.54, 1.807) is 11.8 Å². The molecule has 0 aliphatic carbocycles. The molecule has 1 aliphatic rings. The fourth-order valence-corrected chi connectivity index (χ4v) is 5.17. The van der Waals surface area contributed by atoms with E-state index in [0.29, 0.717) is 31.9 Å². The maximum atomic E-state index is 13.0.